The van der Waals surface area contributed by atoms with Crippen molar-refractivity contribution in [2.45, 2.75) is 20.5 Å². The summed E-state index contributed by atoms with van der Waals surface area (Å²) < 4.78 is 5.39. The van der Waals surface area contributed by atoms with Crippen LogP contribution in [0, 0.1) is 5.92 Å². The first kappa shape index (κ1) is 9.99. The maximum absolute atomic E-state index is 8.86. The topological polar surface area (TPSA) is 42.4 Å². The Morgan fingerprint density at radius 3 is 2.92 bits per heavy atom. The summed E-state index contributed by atoms with van der Waals surface area (Å²) in [6.45, 7) is 4.84. The van der Waals surface area contributed by atoms with E-state index < -0.39 is 0 Å². The van der Waals surface area contributed by atoms with Crippen LogP contribution in [-0.2, 0) is 6.61 Å². The monoisotopic (exact) mass is 181 g/mol. The smallest absolute Gasteiger partial charge is 0.213 e. The molecule has 1 heterocycles. The normalized spacial score (nSPS) is 10.5. The number of ether oxygens (including phenoxy) is 1. The molecular formula is C10H15NO2. The average Bonchev–Trinajstić information content (AvgIpc) is 2.15. The van der Waals surface area contributed by atoms with Crippen LogP contribution in [0.2, 0.25) is 0 Å². The van der Waals surface area contributed by atoms with Gasteiger partial charge in [0, 0.05) is 12.3 Å². The molecule has 0 saturated carbocycles. The molecule has 0 aromatic carbocycles. The summed E-state index contributed by atoms with van der Waals surface area (Å²) in [5.41, 5.74) is 0.828. The highest BCUT2D eigenvalue weighted by Gasteiger charge is 1.99. The van der Waals surface area contributed by atoms with Crippen molar-refractivity contribution < 1.29 is 9.84 Å². The molecular weight excluding hydrogens is 166 g/mol. The van der Waals surface area contributed by atoms with Crippen molar-refractivity contribution >= 4 is 0 Å². The van der Waals surface area contributed by atoms with E-state index in [2.05, 4.69) is 18.8 Å². The number of aliphatic hydroxyl groups excluding tert-OH is 1. The third-order valence-electron chi connectivity index (χ3n) is 1.55. The molecule has 0 aliphatic rings. The first-order chi connectivity index (χ1) is 6.22. The third kappa shape index (κ3) is 3.42. The molecule has 1 rings (SSSR count). The fourth-order valence-corrected chi connectivity index (χ4v) is 0.880. The number of aromatic nitrogens is 1. The minimum Gasteiger partial charge on any atom is -0.477 e. The Morgan fingerprint density at radius 2 is 2.31 bits per heavy atom. The second-order valence-corrected chi connectivity index (χ2v) is 3.37. The zero-order valence-electron chi connectivity index (χ0n) is 8.03. The van der Waals surface area contributed by atoms with E-state index >= 15 is 0 Å². The van der Waals surface area contributed by atoms with Gasteiger partial charge in [-0.25, -0.2) is 4.98 Å². The lowest BCUT2D eigenvalue weighted by atomic mass is 10.2. The first-order valence-corrected chi connectivity index (χ1v) is 4.41. The Kier molecular flexibility index (Phi) is 3.71. The molecule has 1 N–H and O–H groups in total. The minimum absolute atomic E-state index is 0.0283. The molecule has 0 fully saturated rings. The maximum atomic E-state index is 8.86. The minimum atomic E-state index is 0.0283. The molecule has 1 aromatic heterocycles. The van der Waals surface area contributed by atoms with E-state index in [4.69, 9.17) is 9.84 Å². The van der Waals surface area contributed by atoms with Gasteiger partial charge in [-0.3, -0.25) is 0 Å². The predicted octanol–water partition coefficient (Wildman–Crippen LogP) is 1.61. The van der Waals surface area contributed by atoms with E-state index in [9.17, 15) is 0 Å². The van der Waals surface area contributed by atoms with Crippen LogP contribution in [0.1, 0.15) is 19.4 Å². The summed E-state index contributed by atoms with van der Waals surface area (Å²) in [5, 5.41) is 8.86. The summed E-state index contributed by atoms with van der Waals surface area (Å²) >= 11 is 0. The van der Waals surface area contributed by atoms with E-state index in [0.717, 1.165) is 5.56 Å². The molecule has 0 bridgehead atoms. The second-order valence-electron chi connectivity index (χ2n) is 3.37. The summed E-state index contributed by atoms with van der Waals surface area (Å²) in [7, 11) is 0. The average molecular weight is 181 g/mol. The zero-order valence-corrected chi connectivity index (χ0v) is 8.03. The van der Waals surface area contributed by atoms with Gasteiger partial charge in [0.2, 0.25) is 5.88 Å². The molecule has 0 spiro atoms. The predicted molar refractivity (Wildman–Crippen MR) is 50.5 cm³/mol. The van der Waals surface area contributed by atoms with Crippen LogP contribution in [0.15, 0.2) is 18.3 Å². The number of nitrogens with zero attached hydrogens (tertiary/aromatic N) is 1. The van der Waals surface area contributed by atoms with E-state index in [1.165, 1.54) is 0 Å². The van der Waals surface area contributed by atoms with E-state index in [1.807, 2.05) is 0 Å². The fourth-order valence-electron chi connectivity index (χ4n) is 0.880. The van der Waals surface area contributed by atoms with Crippen LogP contribution in [-0.4, -0.2) is 16.7 Å². The molecule has 0 saturated heterocycles. The van der Waals surface area contributed by atoms with Crippen molar-refractivity contribution in [1.82, 2.24) is 4.98 Å². The van der Waals surface area contributed by atoms with Crippen LogP contribution in [0.25, 0.3) is 0 Å². The Labute approximate surface area is 78.4 Å². The molecule has 3 heteroatoms. The van der Waals surface area contributed by atoms with Gasteiger partial charge in [-0.1, -0.05) is 13.8 Å². The van der Waals surface area contributed by atoms with E-state index in [1.54, 1.807) is 18.3 Å². The number of hydrogen-bond acceptors (Lipinski definition) is 3. The maximum Gasteiger partial charge on any atom is 0.213 e. The third-order valence-corrected chi connectivity index (χ3v) is 1.55. The van der Waals surface area contributed by atoms with Gasteiger partial charge in [-0.2, -0.15) is 0 Å². The summed E-state index contributed by atoms with van der Waals surface area (Å²) in [5.74, 6) is 1.07. The molecule has 0 unspecified atom stereocenters. The zero-order chi connectivity index (χ0) is 9.68. The number of pyridine rings is 1. The van der Waals surface area contributed by atoms with E-state index in [0.29, 0.717) is 18.4 Å². The Morgan fingerprint density at radius 1 is 1.54 bits per heavy atom. The van der Waals surface area contributed by atoms with Crippen molar-refractivity contribution in [3.05, 3.63) is 23.9 Å². The number of hydrogen-bond donors (Lipinski definition) is 1. The lowest BCUT2D eigenvalue weighted by Gasteiger charge is -2.07. The largest absolute Gasteiger partial charge is 0.477 e. The molecule has 72 valence electrons. The van der Waals surface area contributed by atoms with Crippen LogP contribution < -0.4 is 4.74 Å². The van der Waals surface area contributed by atoms with Crippen LogP contribution in [0.4, 0.5) is 0 Å². The molecule has 13 heavy (non-hydrogen) atoms. The SMILES string of the molecule is CC(C)COc1cc(CO)ccn1. The van der Waals surface area contributed by atoms with Crippen molar-refractivity contribution in [3.8, 4) is 5.88 Å². The van der Waals surface area contributed by atoms with Crippen LogP contribution >= 0.6 is 0 Å². The molecule has 0 atom stereocenters. The van der Waals surface area contributed by atoms with Crippen molar-refractivity contribution in [2.75, 3.05) is 6.61 Å². The highest BCUT2D eigenvalue weighted by molar-refractivity contribution is 5.19. The van der Waals surface area contributed by atoms with Gasteiger partial charge in [0.25, 0.3) is 0 Å². The molecule has 0 aliphatic carbocycles. The van der Waals surface area contributed by atoms with Crippen molar-refractivity contribution in [2.24, 2.45) is 5.92 Å². The Balaban J connectivity index is 2.56. The van der Waals surface area contributed by atoms with Gasteiger partial charge in [-0.15, -0.1) is 0 Å². The molecule has 1 aromatic rings. The second kappa shape index (κ2) is 4.82. The standard InChI is InChI=1S/C10H15NO2/c1-8(2)7-13-10-5-9(6-12)3-4-11-10/h3-5,8,12H,6-7H2,1-2H3. The molecule has 0 amide bonds. The number of rotatable bonds is 4. The Bertz CT molecular complexity index is 261. The van der Waals surface area contributed by atoms with Gasteiger partial charge in [0.05, 0.1) is 13.2 Å². The molecule has 0 aliphatic heterocycles. The van der Waals surface area contributed by atoms with Crippen molar-refractivity contribution in [3.63, 3.8) is 0 Å². The lowest BCUT2D eigenvalue weighted by Crippen LogP contribution is -2.05. The summed E-state index contributed by atoms with van der Waals surface area (Å²) in [4.78, 5) is 4.03. The van der Waals surface area contributed by atoms with Crippen LogP contribution in [0.5, 0.6) is 5.88 Å². The highest BCUT2D eigenvalue weighted by Crippen LogP contribution is 2.10. The summed E-state index contributed by atoms with van der Waals surface area (Å²) in [6, 6.07) is 3.52. The van der Waals surface area contributed by atoms with Gasteiger partial charge >= 0.3 is 0 Å². The van der Waals surface area contributed by atoms with Crippen molar-refractivity contribution in [1.29, 1.82) is 0 Å². The van der Waals surface area contributed by atoms with E-state index in [-0.39, 0.29) is 6.61 Å². The van der Waals surface area contributed by atoms with Crippen LogP contribution in [0.3, 0.4) is 0 Å². The molecule has 3 nitrogen and oxygen atoms in total. The van der Waals surface area contributed by atoms with Gasteiger partial charge < -0.3 is 9.84 Å². The highest BCUT2D eigenvalue weighted by atomic mass is 16.5. The Hall–Kier alpha value is -1.09. The quantitative estimate of drug-likeness (QED) is 0.767. The lowest BCUT2D eigenvalue weighted by molar-refractivity contribution is 0.257. The fraction of sp³-hybridized carbons (Fsp3) is 0.500. The first-order valence-electron chi connectivity index (χ1n) is 4.41. The molecule has 0 radical (unpaired) electrons. The summed E-state index contributed by atoms with van der Waals surface area (Å²) in [6.07, 6.45) is 1.64. The van der Waals surface area contributed by atoms with Gasteiger partial charge in [-0.05, 0) is 17.5 Å². The van der Waals surface area contributed by atoms with Gasteiger partial charge in [0.15, 0.2) is 0 Å². The number of aliphatic hydroxyl groups is 1. The van der Waals surface area contributed by atoms with Gasteiger partial charge in [0.1, 0.15) is 0 Å².